The van der Waals surface area contributed by atoms with Crippen molar-refractivity contribution in [1.29, 1.82) is 0 Å². The minimum Gasteiger partial charge on any atom is -0.431 e. The molecule has 2 aromatic carbocycles. The maximum atomic E-state index is 13.1. The summed E-state index contributed by atoms with van der Waals surface area (Å²) in [4.78, 5) is 55.8. The monoisotopic (exact) mass is 527 g/mol. The summed E-state index contributed by atoms with van der Waals surface area (Å²) in [6, 6.07) is 13.2. The van der Waals surface area contributed by atoms with Crippen molar-refractivity contribution in [3.63, 3.8) is 0 Å². The van der Waals surface area contributed by atoms with Crippen molar-refractivity contribution in [1.82, 2.24) is 18.8 Å². The largest absolute Gasteiger partial charge is 0.431 e. The van der Waals surface area contributed by atoms with E-state index in [1.54, 1.807) is 55.5 Å². The zero-order valence-corrected chi connectivity index (χ0v) is 20.3. The van der Waals surface area contributed by atoms with Gasteiger partial charge in [-0.05, 0) is 48.9 Å². The van der Waals surface area contributed by atoms with Crippen LogP contribution in [0.15, 0.2) is 74.5 Å². The second-order valence-corrected chi connectivity index (χ2v) is 8.72. The van der Waals surface area contributed by atoms with Gasteiger partial charge in [-0.1, -0.05) is 35.1 Å². The molecule has 0 unspecified atom stereocenters. The molecule has 0 spiro atoms. The highest BCUT2D eigenvalue weighted by atomic mass is 35.5. The number of benzene rings is 2. The summed E-state index contributed by atoms with van der Waals surface area (Å²) in [6.45, 7) is 1.91. The van der Waals surface area contributed by atoms with Crippen LogP contribution in [0.5, 0.6) is 10.9 Å². The van der Waals surface area contributed by atoms with Crippen molar-refractivity contribution >= 4 is 34.5 Å². The summed E-state index contributed by atoms with van der Waals surface area (Å²) in [5, 5.41) is 3.04. The number of hydrogen-bond acceptors (Lipinski definition) is 9. The second-order valence-electron chi connectivity index (χ2n) is 7.29. The SMILES string of the molecule is CCn1c(=O)n(N)c(=Nc2ccc(Oc3ncc(C(=O)N=O)s3)cc2)n(Cc2ccc(Cl)cc2)c1=O. The number of nitrogens with two attached hydrogens (primary N) is 1. The normalized spacial score (nSPS) is 11.4. The molecule has 4 aromatic rings. The van der Waals surface area contributed by atoms with E-state index in [-0.39, 0.29) is 28.8 Å². The molecule has 0 aliphatic heterocycles. The average molecular weight is 528 g/mol. The van der Waals surface area contributed by atoms with Crippen molar-refractivity contribution in [3.8, 4) is 10.9 Å². The van der Waals surface area contributed by atoms with E-state index in [9.17, 15) is 19.3 Å². The van der Waals surface area contributed by atoms with E-state index in [4.69, 9.17) is 22.2 Å². The van der Waals surface area contributed by atoms with Gasteiger partial charge in [0.2, 0.25) is 5.62 Å². The molecule has 14 heteroatoms. The number of nitrogen functional groups attached to an aromatic ring is 1. The third-order valence-corrected chi connectivity index (χ3v) is 6.09. The summed E-state index contributed by atoms with van der Waals surface area (Å²) in [5.41, 5.74) is -0.166. The molecule has 0 radical (unpaired) electrons. The molecule has 0 aliphatic carbocycles. The first-order chi connectivity index (χ1) is 17.3. The number of nitroso groups, excluding NO2 is 1. The lowest BCUT2D eigenvalue weighted by Crippen LogP contribution is -2.57. The van der Waals surface area contributed by atoms with Crippen LogP contribution >= 0.6 is 22.9 Å². The number of thiazole rings is 1. The molecule has 2 aromatic heterocycles. The number of carbonyl (C=O) groups is 1. The highest BCUT2D eigenvalue weighted by Crippen LogP contribution is 2.28. The minimum atomic E-state index is -0.929. The van der Waals surface area contributed by atoms with Crippen molar-refractivity contribution < 1.29 is 9.53 Å². The first-order valence-electron chi connectivity index (χ1n) is 10.4. The third-order valence-electron chi connectivity index (χ3n) is 4.98. The molecule has 184 valence electrons. The van der Waals surface area contributed by atoms with E-state index in [0.717, 1.165) is 26.1 Å². The van der Waals surface area contributed by atoms with Crippen LogP contribution in [0.4, 0.5) is 5.69 Å². The fraction of sp³-hybridized carbons (Fsp3) is 0.136. The Hall–Kier alpha value is -4.36. The van der Waals surface area contributed by atoms with Gasteiger partial charge in [-0.2, -0.15) is 4.68 Å². The Morgan fingerprint density at radius 2 is 1.78 bits per heavy atom. The Morgan fingerprint density at radius 3 is 2.42 bits per heavy atom. The highest BCUT2D eigenvalue weighted by Gasteiger charge is 2.14. The quantitative estimate of drug-likeness (QED) is 0.286. The molecule has 0 saturated heterocycles. The van der Waals surface area contributed by atoms with Crippen molar-refractivity contribution in [2.24, 2.45) is 10.2 Å². The van der Waals surface area contributed by atoms with E-state index in [2.05, 4.69) is 15.2 Å². The van der Waals surface area contributed by atoms with Crippen LogP contribution < -0.4 is 27.6 Å². The lowest BCUT2D eigenvalue weighted by molar-refractivity contribution is 0.100. The van der Waals surface area contributed by atoms with Gasteiger partial charge >= 0.3 is 17.3 Å². The fourth-order valence-corrected chi connectivity index (χ4v) is 4.00. The number of ether oxygens (including phenoxy) is 1. The Bertz CT molecular complexity index is 1620. The van der Waals surface area contributed by atoms with Crippen LogP contribution in [0.1, 0.15) is 22.2 Å². The number of carbonyl (C=O) groups excluding carboxylic acids is 1. The standard InChI is InChI=1S/C22H18ClN7O5S/c1-2-28-21(32)29(12-13-3-5-14(23)6-4-13)19(30(24)22(28)33)26-15-7-9-16(10-8-15)35-20-25-11-17(36-20)18(31)27-34/h3-11H,2,12,24H2,1H3. The fourth-order valence-electron chi connectivity index (χ4n) is 3.21. The van der Waals surface area contributed by atoms with Crippen molar-refractivity contribution in [2.75, 3.05) is 5.84 Å². The molecule has 0 atom stereocenters. The molecule has 2 heterocycles. The summed E-state index contributed by atoms with van der Waals surface area (Å²) in [6.07, 6.45) is 1.20. The third kappa shape index (κ3) is 5.16. The smallest absolute Gasteiger partial charge is 0.353 e. The lowest BCUT2D eigenvalue weighted by Gasteiger charge is -2.13. The van der Waals surface area contributed by atoms with E-state index in [0.29, 0.717) is 16.5 Å². The molecule has 0 saturated carbocycles. The highest BCUT2D eigenvalue weighted by molar-refractivity contribution is 7.15. The zero-order chi connectivity index (χ0) is 25.8. The Morgan fingerprint density at radius 1 is 1.08 bits per heavy atom. The topological polar surface area (TPSA) is 156 Å². The summed E-state index contributed by atoms with van der Waals surface area (Å²) >= 11 is 6.84. The number of aromatic nitrogens is 4. The van der Waals surface area contributed by atoms with Crippen LogP contribution in [-0.4, -0.2) is 24.7 Å². The van der Waals surface area contributed by atoms with Crippen LogP contribution in [0, 0.1) is 4.91 Å². The van der Waals surface area contributed by atoms with Crippen LogP contribution in [0.2, 0.25) is 5.02 Å². The van der Waals surface area contributed by atoms with E-state index < -0.39 is 17.3 Å². The van der Waals surface area contributed by atoms with Crippen molar-refractivity contribution in [3.05, 3.63) is 102 Å². The van der Waals surface area contributed by atoms with E-state index in [1.807, 2.05) is 0 Å². The van der Waals surface area contributed by atoms with Gasteiger partial charge in [0.15, 0.2) is 0 Å². The van der Waals surface area contributed by atoms with Crippen LogP contribution in [0.3, 0.4) is 0 Å². The molecule has 36 heavy (non-hydrogen) atoms. The van der Waals surface area contributed by atoms with Gasteiger partial charge in [-0.3, -0.25) is 9.36 Å². The molecule has 12 nitrogen and oxygen atoms in total. The Labute approximate surface area is 211 Å². The average Bonchev–Trinajstić information content (AvgIpc) is 3.35. The van der Waals surface area contributed by atoms with Gasteiger partial charge in [0.25, 0.3) is 5.19 Å². The Kier molecular flexibility index (Phi) is 7.22. The number of amides is 1. The van der Waals surface area contributed by atoms with Gasteiger partial charge in [0.1, 0.15) is 10.6 Å². The minimum absolute atomic E-state index is 0.0530. The molecule has 0 aliphatic rings. The molecule has 2 N–H and O–H groups in total. The van der Waals surface area contributed by atoms with E-state index >= 15 is 0 Å². The lowest BCUT2D eigenvalue weighted by atomic mass is 10.2. The summed E-state index contributed by atoms with van der Waals surface area (Å²) < 4.78 is 8.72. The molecule has 0 bridgehead atoms. The zero-order valence-electron chi connectivity index (χ0n) is 18.7. The molecule has 4 rings (SSSR count). The number of rotatable bonds is 7. The number of nitrogens with zero attached hydrogens (tertiary/aromatic N) is 6. The number of halogens is 1. The molecule has 1 amide bonds. The predicted octanol–water partition coefficient (Wildman–Crippen LogP) is 2.63. The van der Waals surface area contributed by atoms with E-state index in [1.165, 1.54) is 10.8 Å². The van der Waals surface area contributed by atoms with Crippen LogP contribution in [0.25, 0.3) is 0 Å². The summed E-state index contributed by atoms with van der Waals surface area (Å²) in [7, 11) is 0. The van der Waals surface area contributed by atoms with Gasteiger partial charge in [0.05, 0.1) is 18.4 Å². The summed E-state index contributed by atoms with van der Waals surface area (Å²) in [5.74, 6) is 5.49. The van der Waals surface area contributed by atoms with Gasteiger partial charge in [0, 0.05) is 16.7 Å². The number of hydrogen-bond donors (Lipinski definition) is 1. The predicted molar refractivity (Wildman–Crippen MR) is 133 cm³/mol. The maximum Gasteiger partial charge on any atom is 0.353 e. The molecular formula is C22H18ClN7O5S. The van der Waals surface area contributed by atoms with Gasteiger partial charge in [-0.15, -0.1) is 4.91 Å². The second kappa shape index (κ2) is 10.5. The molecular weight excluding hydrogens is 510 g/mol. The van der Waals surface area contributed by atoms with Gasteiger partial charge < -0.3 is 10.6 Å². The molecule has 0 fully saturated rings. The first-order valence-corrected chi connectivity index (χ1v) is 11.6. The maximum absolute atomic E-state index is 13.1. The van der Waals surface area contributed by atoms with Crippen LogP contribution in [-0.2, 0) is 13.1 Å². The Balaban J connectivity index is 1.71. The van der Waals surface area contributed by atoms with Crippen molar-refractivity contribution in [2.45, 2.75) is 20.0 Å². The first kappa shape index (κ1) is 24.8. The van der Waals surface area contributed by atoms with Gasteiger partial charge in [-0.25, -0.2) is 24.1 Å².